The van der Waals surface area contributed by atoms with E-state index in [2.05, 4.69) is 36.2 Å². The van der Waals surface area contributed by atoms with Crippen LogP contribution in [0.4, 0.5) is 0 Å². The van der Waals surface area contributed by atoms with E-state index in [4.69, 9.17) is 14.5 Å². The molecule has 24 heavy (non-hydrogen) atoms. The third-order valence-corrected chi connectivity index (χ3v) is 5.68. The van der Waals surface area contributed by atoms with Crippen molar-refractivity contribution in [2.24, 2.45) is 4.99 Å². The Labute approximate surface area is 149 Å². The smallest absolute Gasteiger partial charge is 0.191 e. The molecule has 6 heteroatoms. The SMILES string of the molecule is CCNC(=NCc1ccc(OC)c(OC)c1)NCC1(C)CCCS1. The van der Waals surface area contributed by atoms with Crippen molar-refractivity contribution in [3.8, 4) is 11.5 Å². The molecule has 1 aromatic carbocycles. The van der Waals surface area contributed by atoms with Crippen LogP contribution in [0.5, 0.6) is 11.5 Å². The summed E-state index contributed by atoms with van der Waals surface area (Å²) in [7, 11) is 3.29. The van der Waals surface area contributed by atoms with Crippen LogP contribution >= 0.6 is 11.8 Å². The van der Waals surface area contributed by atoms with Crippen molar-refractivity contribution in [1.82, 2.24) is 10.6 Å². The average Bonchev–Trinajstić information content (AvgIpc) is 3.04. The number of methoxy groups -OCH3 is 2. The maximum absolute atomic E-state index is 5.35. The summed E-state index contributed by atoms with van der Waals surface area (Å²) in [5.74, 6) is 3.60. The zero-order valence-corrected chi connectivity index (χ0v) is 16.0. The number of aliphatic imine (C=N–C) groups is 1. The van der Waals surface area contributed by atoms with Gasteiger partial charge in [0.15, 0.2) is 17.5 Å². The second-order valence-electron chi connectivity index (χ2n) is 6.14. The summed E-state index contributed by atoms with van der Waals surface area (Å²) < 4.78 is 10.9. The van der Waals surface area contributed by atoms with Crippen LogP contribution in [0.1, 0.15) is 32.3 Å². The third-order valence-electron chi connectivity index (χ3n) is 4.14. The first-order chi connectivity index (χ1) is 11.6. The van der Waals surface area contributed by atoms with Gasteiger partial charge in [-0.2, -0.15) is 11.8 Å². The average molecular weight is 352 g/mol. The molecule has 1 saturated heterocycles. The minimum absolute atomic E-state index is 0.319. The number of benzene rings is 1. The van der Waals surface area contributed by atoms with Gasteiger partial charge in [-0.05, 0) is 50.1 Å². The monoisotopic (exact) mass is 351 g/mol. The van der Waals surface area contributed by atoms with Crippen molar-refractivity contribution in [1.29, 1.82) is 0 Å². The molecule has 2 rings (SSSR count). The molecular weight excluding hydrogens is 322 g/mol. The highest BCUT2D eigenvalue weighted by Gasteiger charge is 2.29. The molecule has 0 aliphatic carbocycles. The van der Waals surface area contributed by atoms with Crippen molar-refractivity contribution in [2.75, 3.05) is 33.1 Å². The number of ether oxygens (including phenoxy) is 2. The van der Waals surface area contributed by atoms with E-state index in [1.807, 2.05) is 18.2 Å². The van der Waals surface area contributed by atoms with Gasteiger partial charge in [-0.1, -0.05) is 6.07 Å². The number of guanidine groups is 1. The number of thioether (sulfide) groups is 1. The third kappa shape index (κ3) is 5.23. The summed E-state index contributed by atoms with van der Waals surface area (Å²) in [6.45, 7) is 6.80. The minimum atomic E-state index is 0.319. The fraction of sp³-hybridized carbons (Fsp3) is 0.611. The first-order valence-electron chi connectivity index (χ1n) is 8.47. The van der Waals surface area contributed by atoms with Gasteiger partial charge in [0.1, 0.15) is 0 Å². The van der Waals surface area contributed by atoms with Gasteiger partial charge in [-0.3, -0.25) is 0 Å². The Kier molecular flexibility index (Phi) is 7.09. The van der Waals surface area contributed by atoms with E-state index in [-0.39, 0.29) is 0 Å². The quantitative estimate of drug-likeness (QED) is 0.584. The number of rotatable bonds is 7. The first kappa shape index (κ1) is 18.8. The van der Waals surface area contributed by atoms with E-state index >= 15 is 0 Å². The van der Waals surface area contributed by atoms with Gasteiger partial charge in [0.05, 0.1) is 20.8 Å². The molecule has 1 atom stereocenters. The van der Waals surface area contributed by atoms with E-state index in [0.717, 1.165) is 36.1 Å². The van der Waals surface area contributed by atoms with E-state index < -0.39 is 0 Å². The molecule has 1 unspecified atom stereocenters. The fourth-order valence-electron chi connectivity index (χ4n) is 2.74. The zero-order chi connectivity index (χ0) is 17.4. The van der Waals surface area contributed by atoms with E-state index in [1.165, 1.54) is 18.6 Å². The molecule has 0 spiro atoms. The second kappa shape index (κ2) is 9.06. The molecule has 2 N–H and O–H groups in total. The molecule has 0 radical (unpaired) electrons. The summed E-state index contributed by atoms with van der Waals surface area (Å²) in [5.41, 5.74) is 1.09. The predicted octanol–water partition coefficient (Wildman–Crippen LogP) is 3.04. The molecule has 0 saturated carbocycles. The van der Waals surface area contributed by atoms with Crippen LogP contribution in [0, 0.1) is 0 Å². The Morgan fingerprint density at radius 1 is 1.25 bits per heavy atom. The van der Waals surface area contributed by atoms with Crippen LogP contribution in [0.25, 0.3) is 0 Å². The summed E-state index contributed by atoms with van der Waals surface area (Å²) in [5, 5.41) is 6.81. The molecule has 0 amide bonds. The Bertz CT molecular complexity index is 557. The number of hydrogen-bond donors (Lipinski definition) is 2. The van der Waals surface area contributed by atoms with Crippen LogP contribution in [0.3, 0.4) is 0 Å². The minimum Gasteiger partial charge on any atom is -0.493 e. The molecule has 0 bridgehead atoms. The number of hydrogen-bond acceptors (Lipinski definition) is 4. The largest absolute Gasteiger partial charge is 0.493 e. The van der Waals surface area contributed by atoms with Crippen molar-refractivity contribution in [2.45, 2.75) is 38.0 Å². The van der Waals surface area contributed by atoms with E-state index in [0.29, 0.717) is 11.3 Å². The Balaban J connectivity index is 1.99. The predicted molar refractivity (Wildman–Crippen MR) is 102 cm³/mol. The molecule has 1 aromatic rings. The Morgan fingerprint density at radius 2 is 2.04 bits per heavy atom. The van der Waals surface area contributed by atoms with Crippen molar-refractivity contribution in [3.63, 3.8) is 0 Å². The maximum atomic E-state index is 5.35. The maximum Gasteiger partial charge on any atom is 0.191 e. The Morgan fingerprint density at radius 3 is 2.67 bits per heavy atom. The van der Waals surface area contributed by atoms with E-state index in [1.54, 1.807) is 14.2 Å². The van der Waals surface area contributed by atoms with Crippen molar-refractivity contribution in [3.05, 3.63) is 23.8 Å². The summed E-state index contributed by atoms with van der Waals surface area (Å²) in [4.78, 5) is 4.70. The number of nitrogens with zero attached hydrogens (tertiary/aromatic N) is 1. The lowest BCUT2D eigenvalue weighted by Crippen LogP contribution is -2.43. The van der Waals surface area contributed by atoms with Gasteiger partial charge in [0.2, 0.25) is 0 Å². The fourth-order valence-corrected chi connectivity index (χ4v) is 3.98. The van der Waals surface area contributed by atoms with Crippen LogP contribution in [0.15, 0.2) is 23.2 Å². The summed E-state index contributed by atoms with van der Waals surface area (Å²) in [6.07, 6.45) is 2.57. The first-order valence-corrected chi connectivity index (χ1v) is 9.46. The highest BCUT2D eigenvalue weighted by atomic mass is 32.2. The second-order valence-corrected chi connectivity index (χ2v) is 7.82. The topological polar surface area (TPSA) is 54.9 Å². The molecule has 1 heterocycles. The van der Waals surface area contributed by atoms with Crippen LogP contribution in [-0.2, 0) is 6.54 Å². The zero-order valence-electron chi connectivity index (χ0n) is 15.1. The molecule has 134 valence electrons. The summed E-state index contributed by atoms with van der Waals surface area (Å²) in [6, 6.07) is 5.91. The standard InChI is InChI=1S/C18H29N3O2S/c1-5-19-17(21-13-18(2)9-6-10-24-18)20-12-14-7-8-15(22-3)16(11-14)23-4/h7-8,11H,5-6,9-10,12-13H2,1-4H3,(H2,19,20,21). The highest BCUT2D eigenvalue weighted by Crippen LogP contribution is 2.36. The van der Waals surface area contributed by atoms with Crippen LogP contribution in [0.2, 0.25) is 0 Å². The van der Waals surface area contributed by atoms with Gasteiger partial charge in [0.25, 0.3) is 0 Å². The van der Waals surface area contributed by atoms with Gasteiger partial charge in [-0.15, -0.1) is 0 Å². The van der Waals surface area contributed by atoms with Gasteiger partial charge >= 0.3 is 0 Å². The summed E-state index contributed by atoms with van der Waals surface area (Å²) >= 11 is 2.05. The van der Waals surface area contributed by atoms with Gasteiger partial charge in [-0.25, -0.2) is 4.99 Å². The lowest BCUT2D eigenvalue weighted by molar-refractivity contribution is 0.354. The molecule has 1 aliphatic rings. The molecule has 1 fully saturated rings. The molecular formula is C18H29N3O2S. The Hall–Kier alpha value is -1.56. The van der Waals surface area contributed by atoms with Crippen LogP contribution in [-0.4, -0.2) is 43.8 Å². The highest BCUT2D eigenvalue weighted by molar-refractivity contribution is 8.00. The van der Waals surface area contributed by atoms with Crippen molar-refractivity contribution < 1.29 is 9.47 Å². The lowest BCUT2D eigenvalue weighted by atomic mass is 10.1. The van der Waals surface area contributed by atoms with E-state index in [9.17, 15) is 0 Å². The molecule has 0 aromatic heterocycles. The van der Waals surface area contributed by atoms with Gasteiger partial charge < -0.3 is 20.1 Å². The normalized spacial score (nSPS) is 20.8. The molecule has 1 aliphatic heterocycles. The van der Waals surface area contributed by atoms with Crippen LogP contribution < -0.4 is 20.1 Å². The lowest BCUT2D eigenvalue weighted by Gasteiger charge is -2.24. The molecule has 5 nitrogen and oxygen atoms in total. The van der Waals surface area contributed by atoms with Crippen molar-refractivity contribution >= 4 is 17.7 Å². The number of nitrogens with one attached hydrogen (secondary N) is 2. The van der Waals surface area contributed by atoms with Gasteiger partial charge in [0, 0.05) is 17.8 Å².